The fraction of sp³-hybridized carbons (Fsp3) is 0.345. The Morgan fingerprint density at radius 1 is 1.05 bits per heavy atom. The summed E-state index contributed by atoms with van der Waals surface area (Å²) in [6.45, 7) is 2.42. The molecule has 2 fully saturated rings. The van der Waals surface area contributed by atoms with Crippen LogP contribution in [0, 0.1) is 6.92 Å². The fourth-order valence-corrected chi connectivity index (χ4v) is 7.16. The van der Waals surface area contributed by atoms with Crippen LogP contribution < -0.4 is 14.8 Å². The third-order valence-corrected chi connectivity index (χ3v) is 9.88. The molecule has 1 aliphatic carbocycles. The van der Waals surface area contributed by atoms with Gasteiger partial charge in [-0.15, -0.1) is 0 Å². The first-order valence-electron chi connectivity index (χ1n) is 12.9. The Hall–Kier alpha value is -3.40. The Labute approximate surface area is 222 Å². The number of hydrogen-bond acceptors (Lipinski definition) is 6. The second-order valence-corrected chi connectivity index (χ2v) is 12.1. The van der Waals surface area contributed by atoms with Gasteiger partial charge in [0.2, 0.25) is 22.7 Å². The maximum atomic E-state index is 13.4. The van der Waals surface area contributed by atoms with E-state index in [2.05, 4.69) is 5.32 Å². The van der Waals surface area contributed by atoms with Gasteiger partial charge >= 0.3 is 0 Å². The molecule has 0 bridgehead atoms. The molecule has 3 aromatic carbocycles. The van der Waals surface area contributed by atoms with Gasteiger partial charge in [-0.1, -0.05) is 24.3 Å². The zero-order valence-corrected chi connectivity index (χ0v) is 22.0. The smallest absolute Gasteiger partial charge is 0.243 e. The van der Waals surface area contributed by atoms with Crippen molar-refractivity contribution in [2.75, 3.05) is 25.3 Å². The van der Waals surface area contributed by atoms with Gasteiger partial charge in [-0.25, -0.2) is 8.42 Å². The average Bonchev–Trinajstić information content (AvgIpc) is 3.36. The molecule has 6 rings (SSSR count). The third kappa shape index (κ3) is 4.24. The van der Waals surface area contributed by atoms with Crippen molar-refractivity contribution in [3.63, 3.8) is 0 Å². The van der Waals surface area contributed by atoms with E-state index < -0.39 is 15.4 Å². The van der Waals surface area contributed by atoms with Crippen LogP contribution in [-0.4, -0.2) is 49.7 Å². The number of sulfonamides is 1. The number of aryl methyl sites for hydroxylation is 1. The number of aliphatic hydroxyl groups excluding tert-OH is 1. The van der Waals surface area contributed by atoms with Gasteiger partial charge in [0.05, 0.1) is 16.9 Å². The van der Waals surface area contributed by atoms with Crippen molar-refractivity contribution in [2.24, 2.45) is 0 Å². The Morgan fingerprint density at radius 3 is 2.55 bits per heavy atom. The molecule has 0 unspecified atom stereocenters. The second kappa shape index (κ2) is 9.41. The molecule has 9 heteroatoms. The second-order valence-electron chi connectivity index (χ2n) is 10.3. The Kier molecular flexibility index (Phi) is 6.17. The quantitative estimate of drug-likeness (QED) is 0.471. The highest BCUT2D eigenvalue weighted by Gasteiger charge is 2.51. The number of fused-ring (bicyclic) bond motifs is 1. The topological polar surface area (TPSA) is 105 Å². The summed E-state index contributed by atoms with van der Waals surface area (Å²) in [5, 5.41) is 12.7. The monoisotopic (exact) mass is 534 g/mol. The van der Waals surface area contributed by atoms with E-state index in [-0.39, 0.29) is 30.2 Å². The molecule has 2 aliphatic heterocycles. The summed E-state index contributed by atoms with van der Waals surface area (Å²) in [5.41, 5.74) is 3.80. The zero-order valence-electron chi connectivity index (χ0n) is 21.1. The van der Waals surface area contributed by atoms with Crippen LogP contribution >= 0.6 is 0 Å². The number of rotatable bonds is 7. The molecular formula is C29H30N2O6S. The number of nitrogens with zero attached hydrogens (tertiary/aromatic N) is 1. The van der Waals surface area contributed by atoms with Gasteiger partial charge in [0.1, 0.15) is 0 Å². The van der Waals surface area contributed by atoms with Crippen molar-refractivity contribution < 1.29 is 27.8 Å². The minimum Gasteiger partial charge on any atom is -0.454 e. The summed E-state index contributed by atoms with van der Waals surface area (Å²) in [7, 11) is -3.67. The van der Waals surface area contributed by atoms with Gasteiger partial charge in [0.15, 0.2) is 11.5 Å². The molecule has 8 nitrogen and oxygen atoms in total. The Balaban J connectivity index is 1.22. The van der Waals surface area contributed by atoms with Crippen molar-refractivity contribution >= 4 is 21.6 Å². The fourth-order valence-electron chi connectivity index (χ4n) is 5.48. The summed E-state index contributed by atoms with van der Waals surface area (Å²) in [6.07, 6.45) is 2.94. The maximum absolute atomic E-state index is 13.4. The minimum atomic E-state index is -3.67. The normalized spacial score (nSPS) is 19.9. The van der Waals surface area contributed by atoms with E-state index in [1.54, 1.807) is 24.3 Å². The first kappa shape index (κ1) is 24.9. The number of anilines is 1. The summed E-state index contributed by atoms with van der Waals surface area (Å²) in [6, 6.07) is 17.9. The molecule has 1 saturated heterocycles. The van der Waals surface area contributed by atoms with Crippen molar-refractivity contribution in [3.8, 4) is 22.6 Å². The SMILES string of the molecule is Cc1ccc(NC(=O)C2(c3ccc4c(c3)OCO4)CC2)cc1-c1ccc(S(=O)(=O)N2CCC[C@@H]2CO)cc1. The van der Waals surface area contributed by atoms with Gasteiger partial charge < -0.3 is 19.9 Å². The molecule has 1 atom stereocenters. The molecule has 1 saturated carbocycles. The summed E-state index contributed by atoms with van der Waals surface area (Å²) in [4.78, 5) is 13.6. The summed E-state index contributed by atoms with van der Waals surface area (Å²) < 4.78 is 38.6. The van der Waals surface area contributed by atoms with Crippen molar-refractivity contribution in [1.82, 2.24) is 4.31 Å². The molecule has 0 radical (unpaired) electrons. The lowest BCUT2D eigenvalue weighted by molar-refractivity contribution is -0.118. The van der Waals surface area contributed by atoms with Crippen molar-refractivity contribution in [1.29, 1.82) is 0 Å². The highest BCUT2D eigenvalue weighted by atomic mass is 32.2. The lowest BCUT2D eigenvalue weighted by Gasteiger charge is -2.22. The summed E-state index contributed by atoms with van der Waals surface area (Å²) >= 11 is 0. The molecule has 0 spiro atoms. The van der Waals surface area contributed by atoms with E-state index in [0.717, 1.165) is 41.5 Å². The number of aliphatic hydroxyl groups is 1. The molecule has 3 aromatic rings. The highest BCUT2D eigenvalue weighted by molar-refractivity contribution is 7.89. The molecule has 2 N–H and O–H groups in total. The molecule has 198 valence electrons. The number of hydrogen-bond donors (Lipinski definition) is 2. The van der Waals surface area contributed by atoms with Crippen LogP contribution in [-0.2, 0) is 20.2 Å². The highest BCUT2D eigenvalue weighted by Crippen LogP contribution is 2.51. The lowest BCUT2D eigenvalue weighted by Crippen LogP contribution is -2.37. The van der Waals surface area contributed by atoms with E-state index in [1.165, 1.54) is 4.31 Å². The van der Waals surface area contributed by atoms with Gasteiger partial charge in [-0.05, 0) is 91.3 Å². The number of carbonyl (C=O) groups is 1. The molecular weight excluding hydrogens is 504 g/mol. The van der Waals surface area contributed by atoms with E-state index in [9.17, 15) is 18.3 Å². The number of benzene rings is 3. The number of nitrogens with one attached hydrogen (secondary N) is 1. The molecule has 1 amide bonds. The van der Waals surface area contributed by atoms with Crippen LogP contribution in [0.1, 0.15) is 36.8 Å². The van der Waals surface area contributed by atoms with Crippen molar-refractivity contribution in [2.45, 2.75) is 49.0 Å². The van der Waals surface area contributed by atoms with E-state index in [4.69, 9.17) is 9.47 Å². The van der Waals surface area contributed by atoms with Crippen LogP contribution in [0.2, 0.25) is 0 Å². The first-order valence-corrected chi connectivity index (χ1v) is 14.3. The third-order valence-electron chi connectivity index (χ3n) is 7.91. The average molecular weight is 535 g/mol. The predicted octanol–water partition coefficient (Wildman–Crippen LogP) is 4.21. The van der Waals surface area contributed by atoms with Gasteiger partial charge in [-0.2, -0.15) is 4.31 Å². The molecule has 38 heavy (non-hydrogen) atoms. The maximum Gasteiger partial charge on any atom is 0.243 e. The molecule has 3 aliphatic rings. The van der Waals surface area contributed by atoms with E-state index in [1.807, 2.05) is 43.3 Å². The number of ether oxygens (including phenoxy) is 2. The Morgan fingerprint density at radius 2 is 1.82 bits per heavy atom. The van der Waals surface area contributed by atoms with Crippen LogP contribution in [0.4, 0.5) is 5.69 Å². The first-order chi connectivity index (χ1) is 18.3. The predicted molar refractivity (Wildman–Crippen MR) is 143 cm³/mol. The van der Waals surface area contributed by atoms with Crippen LogP contribution in [0.15, 0.2) is 65.6 Å². The van der Waals surface area contributed by atoms with Gasteiger partial charge in [0, 0.05) is 18.3 Å². The van der Waals surface area contributed by atoms with Crippen molar-refractivity contribution in [3.05, 3.63) is 71.8 Å². The largest absolute Gasteiger partial charge is 0.454 e. The van der Waals surface area contributed by atoms with Crippen LogP contribution in [0.5, 0.6) is 11.5 Å². The standard InChI is InChI=1S/C29H30N2O6S/c1-19-4-8-22(30-28(33)29(12-13-29)21-7-11-26-27(15-21)37-18-36-26)16-25(19)20-5-9-24(10-6-20)38(34,35)31-14-2-3-23(31)17-32/h4-11,15-16,23,32H,2-3,12-14,17-18H2,1H3,(H,30,33)/t23-/m1/s1. The Bertz CT molecular complexity index is 1500. The van der Waals surface area contributed by atoms with Gasteiger partial charge in [-0.3, -0.25) is 4.79 Å². The molecule has 0 aromatic heterocycles. The van der Waals surface area contributed by atoms with E-state index >= 15 is 0 Å². The molecule has 2 heterocycles. The summed E-state index contributed by atoms with van der Waals surface area (Å²) in [5.74, 6) is 1.30. The minimum absolute atomic E-state index is 0.0586. The van der Waals surface area contributed by atoms with Gasteiger partial charge in [0.25, 0.3) is 0 Å². The number of carbonyl (C=O) groups excluding carboxylic acids is 1. The number of amides is 1. The van der Waals surface area contributed by atoms with E-state index in [0.29, 0.717) is 30.2 Å². The van der Waals surface area contributed by atoms with Crippen LogP contribution in [0.3, 0.4) is 0 Å². The van der Waals surface area contributed by atoms with Crippen LogP contribution in [0.25, 0.3) is 11.1 Å². The lowest BCUT2D eigenvalue weighted by atomic mass is 9.94. The zero-order chi connectivity index (χ0) is 26.5.